The van der Waals surface area contributed by atoms with Gasteiger partial charge < -0.3 is 5.32 Å². The second-order valence-electron chi connectivity index (χ2n) is 4.81. The average Bonchev–Trinajstić information content (AvgIpc) is 2.75. The van der Waals surface area contributed by atoms with Crippen molar-refractivity contribution in [2.45, 2.75) is 50.3 Å². The van der Waals surface area contributed by atoms with Gasteiger partial charge in [0, 0.05) is 11.3 Å². The molecule has 0 radical (unpaired) electrons. The van der Waals surface area contributed by atoms with Gasteiger partial charge in [-0.25, -0.2) is 13.1 Å². The number of nitrogens with one attached hydrogen (secondary N) is 2. The molecule has 1 saturated carbocycles. The molecule has 2 atom stereocenters. The van der Waals surface area contributed by atoms with Gasteiger partial charge in [-0.2, -0.15) is 11.8 Å². The van der Waals surface area contributed by atoms with E-state index in [2.05, 4.69) is 23.2 Å². The highest BCUT2D eigenvalue weighted by molar-refractivity contribution is 7.99. The van der Waals surface area contributed by atoms with Crippen LogP contribution in [-0.4, -0.2) is 44.8 Å². The van der Waals surface area contributed by atoms with E-state index >= 15 is 0 Å². The van der Waals surface area contributed by atoms with Gasteiger partial charge in [0.05, 0.1) is 5.75 Å². The van der Waals surface area contributed by atoms with E-state index < -0.39 is 10.0 Å². The second kappa shape index (κ2) is 8.40. The molecule has 0 amide bonds. The molecule has 4 nitrogen and oxygen atoms in total. The fourth-order valence-corrected chi connectivity index (χ4v) is 4.82. The molecule has 0 spiro atoms. The molecule has 2 N–H and O–H groups in total. The SMILES string of the molecule is CCNCCCCS(=O)(=O)NC1CCCC1SC. The molecular formula is C12H26N2O2S2. The van der Waals surface area contributed by atoms with Crippen molar-refractivity contribution in [1.82, 2.24) is 10.0 Å². The highest BCUT2D eigenvalue weighted by Gasteiger charge is 2.29. The standard InChI is InChI=1S/C12H26N2O2S2/c1-3-13-9-4-5-10-18(15,16)14-11-7-6-8-12(11)17-2/h11-14H,3-10H2,1-2H3. The summed E-state index contributed by atoms with van der Waals surface area (Å²) in [4.78, 5) is 0. The van der Waals surface area contributed by atoms with Crippen LogP contribution in [0.4, 0.5) is 0 Å². The van der Waals surface area contributed by atoms with Crippen LogP contribution < -0.4 is 10.0 Å². The third kappa shape index (κ3) is 5.91. The molecule has 1 fully saturated rings. The molecule has 0 saturated heterocycles. The molecule has 2 unspecified atom stereocenters. The van der Waals surface area contributed by atoms with Crippen molar-refractivity contribution >= 4 is 21.8 Å². The zero-order chi connectivity index (χ0) is 13.4. The molecule has 1 rings (SSSR count). The summed E-state index contributed by atoms with van der Waals surface area (Å²) in [6.07, 6.45) is 6.98. The monoisotopic (exact) mass is 294 g/mol. The summed E-state index contributed by atoms with van der Waals surface area (Å²) < 4.78 is 26.8. The Labute approximate surface area is 116 Å². The average molecular weight is 294 g/mol. The quantitative estimate of drug-likeness (QED) is 0.634. The maximum absolute atomic E-state index is 11.9. The lowest BCUT2D eigenvalue weighted by Gasteiger charge is -2.19. The molecule has 108 valence electrons. The smallest absolute Gasteiger partial charge is 0.211 e. The van der Waals surface area contributed by atoms with Crippen LogP contribution in [0.1, 0.15) is 39.0 Å². The van der Waals surface area contributed by atoms with Crippen LogP contribution in [0, 0.1) is 0 Å². The number of hydrogen-bond acceptors (Lipinski definition) is 4. The summed E-state index contributed by atoms with van der Waals surface area (Å²) in [5.74, 6) is 0.260. The van der Waals surface area contributed by atoms with E-state index in [0.29, 0.717) is 5.25 Å². The normalized spacial score (nSPS) is 24.6. The lowest BCUT2D eigenvalue weighted by atomic mass is 10.3. The zero-order valence-corrected chi connectivity index (χ0v) is 13.1. The maximum atomic E-state index is 11.9. The fourth-order valence-electron chi connectivity index (χ4n) is 2.35. The number of sulfonamides is 1. The predicted molar refractivity (Wildman–Crippen MR) is 79.6 cm³/mol. The van der Waals surface area contributed by atoms with E-state index in [1.807, 2.05) is 0 Å². The second-order valence-corrected chi connectivity index (χ2v) is 7.76. The summed E-state index contributed by atoms with van der Waals surface area (Å²) in [6.45, 7) is 3.91. The van der Waals surface area contributed by atoms with Gasteiger partial charge >= 0.3 is 0 Å². The Bertz CT molecular complexity index is 320. The van der Waals surface area contributed by atoms with Crippen molar-refractivity contribution in [2.75, 3.05) is 25.1 Å². The van der Waals surface area contributed by atoms with E-state index in [1.165, 1.54) is 0 Å². The Kier molecular flexibility index (Phi) is 7.60. The highest BCUT2D eigenvalue weighted by atomic mass is 32.2. The minimum atomic E-state index is -3.09. The minimum absolute atomic E-state index is 0.152. The zero-order valence-electron chi connectivity index (χ0n) is 11.4. The first kappa shape index (κ1) is 16.3. The topological polar surface area (TPSA) is 58.2 Å². The van der Waals surface area contributed by atoms with Gasteiger partial charge in [0.2, 0.25) is 10.0 Å². The molecule has 0 aromatic heterocycles. The summed E-state index contributed by atoms with van der Waals surface area (Å²) in [5, 5.41) is 3.67. The van der Waals surface area contributed by atoms with Gasteiger partial charge in [-0.3, -0.25) is 0 Å². The largest absolute Gasteiger partial charge is 0.317 e. The molecule has 0 aliphatic heterocycles. The molecule has 1 aliphatic rings. The van der Waals surface area contributed by atoms with Crippen LogP contribution in [0.5, 0.6) is 0 Å². The lowest BCUT2D eigenvalue weighted by Crippen LogP contribution is -2.39. The van der Waals surface area contributed by atoms with Crippen LogP contribution in [0.25, 0.3) is 0 Å². The van der Waals surface area contributed by atoms with Crippen molar-refractivity contribution in [2.24, 2.45) is 0 Å². The van der Waals surface area contributed by atoms with Crippen LogP contribution in [0.3, 0.4) is 0 Å². The first-order chi connectivity index (χ1) is 8.59. The van der Waals surface area contributed by atoms with E-state index in [0.717, 1.165) is 45.2 Å². The minimum Gasteiger partial charge on any atom is -0.317 e. The maximum Gasteiger partial charge on any atom is 0.211 e. The van der Waals surface area contributed by atoms with Crippen molar-refractivity contribution in [3.8, 4) is 0 Å². The molecule has 18 heavy (non-hydrogen) atoms. The van der Waals surface area contributed by atoms with Crippen molar-refractivity contribution < 1.29 is 8.42 Å². The molecule has 0 aromatic rings. The molecule has 6 heteroatoms. The Morgan fingerprint density at radius 1 is 1.28 bits per heavy atom. The summed E-state index contributed by atoms with van der Waals surface area (Å²) in [7, 11) is -3.09. The summed E-state index contributed by atoms with van der Waals surface area (Å²) in [5.41, 5.74) is 0. The molecule has 1 aliphatic carbocycles. The number of thioether (sulfide) groups is 1. The molecule has 0 heterocycles. The fraction of sp³-hybridized carbons (Fsp3) is 1.00. The third-order valence-corrected chi connectivity index (χ3v) is 6.01. The van der Waals surface area contributed by atoms with E-state index in [4.69, 9.17) is 0 Å². The van der Waals surface area contributed by atoms with Crippen molar-refractivity contribution in [1.29, 1.82) is 0 Å². The number of rotatable bonds is 9. The Hall–Kier alpha value is 0.220. The lowest BCUT2D eigenvalue weighted by molar-refractivity contribution is 0.550. The van der Waals surface area contributed by atoms with Crippen LogP contribution >= 0.6 is 11.8 Å². The number of unbranched alkanes of at least 4 members (excludes halogenated alkanes) is 1. The van der Waals surface area contributed by atoms with Gasteiger partial charge in [0.1, 0.15) is 0 Å². The molecular weight excluding hydrogens is 268 g/mol. The Morgan fingerprint density at radius 3 is 2.72 bits per heavy atom. The van der Waals surface area contributed by atoms with E-state index in [-0.39, 0.29) is 11.8 Å². The molecule has 0 aromatic carbocycles. The van der Waals surface area contributed by atoms with Gasteiger partial charge in [0.15, 0.2) is 0 Å². The van der Waals surface area contributed by atoms with Crippen molar-refractivity contribution in [3.63, 3.8) is 0 Å². The van der Waals surface area contributed by atoms with Gasteiger partial charge in [-0.15, -0.1) is 0 Å². The van der Waals surface area contributed by atoms with E-state index in [9.17, 15) is 8.42 Å². The first-order valence-corrected chi connectivity index (χ1v) is 9.76. The van der Waals surface area contributed by atoms with E-state index in [1.54, 1.807) is 11.8 Å². The Morgan fingerprint density at radius 2 is 2.06 bits per heavy atom. The number of hydrogen-bond donors (Lipinski definition) is 2. The van der Waals surface area contributed by atoms with Crippen LogP contribution in [0.2, 0.25) is 0 Å². The summed E-state index contributed by atoms with van der Waals surface area (Å²) in [6, 6.07) is 0.152. The van der Waals surface area contributed by atoms with Gasteiger partial charge in [0.25, 0.3) is 0 Å². The predicted octanol–water partition coefficient (Wildman–Crippen LogP) is 1.58. The first-order valence-electron chi connectivity index (χ1n) is 6.82. The van der Waals surface area contributed by atoms with Gasteiger partial charge in [-0.1, -0.05) is 13.3 Å². The summed E-state index contributed by atoms with van der Waals surface area (Å²) >= 11 is 1.78. The van der Waals surface area contributed by atoms with Gasteiger partial charge in [-0.05, 0) is 45.0 Å². The van der Waals surface area contributed by atoms with Crippen LogP contribution in [0.15, 0.2) is 0 Å². The third-order valence-electron chi connectivity index (χ3n) is 3.35. The van der Waals surface area contributed by atoms with Crippen LogP contribution in [-0.2, 0) is 10.0 Å². The Balaban J connectivity index is 2.26. The molecule has 0 bridgehead atoms. The highest BCUT2D eigenvalue weighted by Crippen LogP contribution is 2.28. The van der Waals surface area contributed by atoms with Crippen molar-refractivity contribution in [3.05, 3.63) is 0 Å².